The highest BCUT2D eigenvalue weighted by Crippen LogP contribution is 2.34. The van der Waals surface area contributed by atoms with Gasteiger partial charge in [-0.25, -0.2) is 0 Å². The highest BCUT2D eigenvalue weighted by atomic mass is 14.2. The Morgan fingerprint density at radius 3 is 2.80 bits per heavy atom. The van der Waals surface area contributed by atoms with Gasteiger partial charge in [0.2, 0.25) is 0 Å². The van der Waals surface area contributed by atoms with Crippen LogP contribution >= 0.6 is 0 Å². The maximum Gasteiger partial charge on any atom is 0.00302 e. The third-order valence-electron chi connectivity index (χ3n) is 4.57. The van der Waals surface area contributed by atoms with Crippen LogP contribution in [0.4, 0.5) is 0 Å². The fourth-order valence-corrected chi connectivity index (χ4v) is 3.48. The molecular weight excluding hydrogens is 240 g/mol. The molecule has 0 bridgehead atoms. The molecule has 2 aliphatic carbocycles. The van der Waals surface area contributed by atoms with E-state index < -0.39 is 0 Å². The molecule has 0 heterocycles. The minimum Gasteiger partial charge on any atom is -0.0764 e. The summed E-state index contributed by atoms with van der Waals surface area (Å²) in [6.07, 6.45) is 10.6. The molecule has 0 fully saturated rings. The molecule has 2 aromatic rings. The van der Waals surface area contributed by atoms with Crippen LogP contribution in [0.25, 0.3) is 17.7 Å². The smallest absolute Gasteiger partial charge is 0.00302 e. The Bertz CT molecular complexity index is 793. The largest absolute Gasteiger partial charge is 0.0764 e. The molecule has 0 saturated heterocycles. The monoisotopic (exact) mass is 258 g/mol. The Labute approximate surface area is 119 Å². The summed E-state index contributed by atoms with van der Waals surface area (Å²) in [5.41, 5.74) is 4.52. The van der Waals surface area contributed by atoms with Crippen molar-refractivity contribution in [1.29, 1.82) is 0 Å². The predicted molar refractivity (Wildman–Crippen MR) is 85.6 cm³/mol. The van der Waals surface area contributed by atoms with Crippen molar-refractivity contribution >= 4 is 17.7 Å². The van der Waals surface area contributed by atoms with Crippen molar-refractivity contribution in [2.75, 3.05) is 0 Å². The SMILES string of the molecule is C1=CC(CCC2=c3ccccc3=CC2)c2ccccc21. The van der Waals surface area contributed by atoms with Gasteiger partial charge in [0.1, 0.15) is 0 Å². The summed E-state index contributed by atoms with van der Waals surface area (Å²) in [6, 6.07) is 17.6. The second kappa shape index (κ2) is 4.79. The molecule has 0 nitrogen and oxygen atoms in total. The van der Waals surface area contributed by atoms with Crippen molar-refractivity contribution in [3.63, 3.8) is 0 Å². The number of hydrogen-bond donors (Lipinski definition) is 0. The van der Waals surface area contributed by atoms with Gasteiger partial charge in [-0.05, 0) is 40.8 Å². The lowest BCUT2D eigenvalue weighted by Crippen LogP contribution is -2.21. The molecule has 4 rings (SSSR count). The lowest BCUT2D eigenvalue weighted by Gasteiger charge is -2.11. The minimum atomic E-state index is 0.603. The van der Waals surface area contributed by atoms with Crippen LogP contribution in [0, 0.1) is 0 Å². The van der Waals surface area contributed by atoms with Crippen molar-refractivity contribution in [1.82, 2.24) is 0 Å². The second-order valence-corrected chi connectivity index (χ2v) is 5.73. The molecule has 0 radical (unpaired) electrons. The van der Waals surface area contributed by atoms with Crippen LogP contribution in [0.3, 0.4) is 0 Å². The highest BCUT2D eigenvalue weighted by Gasteiger charge is 2.17. The number of fused-ring (bicyclic) bond motifs is 2. The third kappa shape index (κ3) is 1.92. The van der Waals surface area contributed by atoms with Crippen molar-refractivity contribution in [3.8, 4) is 0 Å². The van der Waals surface area contributed by atoms with Crippen LogP contribution in [0.15, 0.2) is 54.6 Å². The van der Waals surface area contributed by atoms with E-state index in [0.717, 1.165) is 6.42 Å². The summed E-state index contributed by atoms with van der Waals surface area (Å²) in [6.45, 7) is 0. The molecule has 1 unspecified atom stereocenters. The molecule has 2 aromatic carbocycles. The van der Waals surface area contributed by atoms with Gasteiger partial charge in [0, 0.05) is 5.92 Å². The summed E-state index contributed by atoms with van der Waals surface area (Å²) in [7, 11) is 0. The molecule has 2 aliphatic rings. The Morgan fingerprint density at radius 2 is 1.80 bits per heavy atom. The zero-order chi connectivity index (χ0) is 13.4. The zero-order valence-corrected chi connectivity index (χ0v) is 11.5. The van der Waals surface area contributed by atoms with Gasteiger partial charge >= 0.3 is 0 Å². The lowest BCUT2D eigenvalue weighted by molar-refractivity contribution is 0.762. The van der Waals surface area contributed by atoms with Gasteiger partial charge in [0.25, 0.3) is 0 Å². The van der Waals surface area contributed by atoms with E-state index in [9.17, 15) is 0 Å². The molecule has 1 atom stereocenters. The molecule has 0 spiro atoms. The van der Waals surface area contributed by atoms with Gasteiger partial charge in [-0.3, -0.25) is 0 Å². The van der Waals surface area contributed by atoms with Gasteiger partial charge in [-0.15, -0.1) is 0 Å². The molecule has 0 heteroatoms. The Kier molecular flexibility index (Phi) is 2.81. The minimum absolute atomic E-state index is 0.603. The first-order valence-corrected chi connectivity index (χ1v) is 7.46. The molecule has 98 valence electrons. The standard InChI is InChI=1S/C20H18/c1-3-7-19-15(5-1)9-11-17(19)13-14-18-12-10-16-6-2-4-8-20(16)18/h1-11,17H,12-14H2. The quantitative estimate of drug-likeness (QED) is 0.789. The van der Waals surface area contributed by atoms with Crippen LogP contribution < -0.4 is 10.4 Å². The van der Waals surface area contributed by atoms with E-state index in [-0.39, 0.29) is 0 Å². The topological polar surface area (TPSA) is 0 Å². The van der Waals surface area contributed by atoms with E-state index in [1.54, 1.807) is 5.57 Å². The molecule has 20 heavy (non-hydrogen) atoms. The molecule has 0 aromatic heterocycles. The fourth-order valence-electron chi connectivity index (χ4n) is 3.48. The van der Waals surface area contributed by atoms with Crippen molar-refractivity contribution in [2.45, 2.75) is 25.2 Å². The first kappa shape index (κ1) is 11.7. The summed E-state index contributed by atoms with van der Waals surface area (Å²) < 4.78 is 0. The van der Waals surface area contributed by atoms with E-state index >= 15 is 0 Å². The highest BCUT2D eigenvalue weighted by molar-refractivity contribution is 5.63. The predicted octanol–water partition coefficient (Wildman–Crippen LogP) is 3.61. The Balaban J connectivity index is 1.57. The number of rotatable bonds is 3. The molecule has 0 N–H and O–H groups in total. The van der Waals surface area contributed by atoms with Crippen LogP contribution in [-0.2, 0) is 0 Å². The summed E-state index contributed by atoms with van der Waals surface area (Å²) >= 11 is 0. The second-order valence-electron chi connectivity index (χ2n) is 5.73. The molecule has 0 amide bonds. The van der Waals surface area contributed by atoms with E-state index in [2.05, 4.69) is 66.8 Å². The first-order valence-electron chi connectivity index (χ1n) is 7.46. The number of benzene rings is 2. The summed E-state index contributed by atoms with van der Waals surface area (Å²) in [5.74, 6) is 0.603. The molecule has 0 aliphatic heterocycles. The maximum atomic E-state index is 2.37. The number of hydrogen-bond acceptors (Lipinski definition) is 0. The average Bonchev–Trinajstić information content (AvgIpc) is 3.09. The lowest BCUT2D eigenvalue weighted by atomic mass is 9.93. The van der Waals surface area contributed by atoms with Crippen LogP contribution in [0.1, 0.15) is 36.3 Å². The van der Waals surface area contributed by atoms with Gasteiger partial charge in [-0.2, -0.15) is 0 Å². The summed E-state index contributed by atoms with van der Waals surface area (Å²) in [4.78, 5) is 0. The summed E-state index contributed by atoms with van der Waals surface area (Å²) in [5, 5.41) is 2.90. The normalized spacial score (nSPS) is 18.8. The molecule has 0 saturated carbocycles. The fraction of sp³-hybridized carbons (Fsp3) is 0.200. The van der Waals surface area contributed by atoms with E-state index in [4.69, 9.17) is 0 Å². The molecular formula is C20H18. The Morgan fingerprint density at radius 1 is 0.950 bits per heavy atom. The van der Waals surface area contributed by atoms with E-state index in [0.29, 0.717) is 5.92 Å². The van der Waals surface area contributed by atoms with Gasteiger partial charge < -0.3 is 0 Å². The maximum absolute atomic E-state index is 2.37. The number of allylic oxidation sites excluding steroid dienone is 1. The van der Waals surface area contributed by atoms with E-state index in [1.807, 2.05) is 0 Å². The third-order valence-corrected chi connectivity index (χ3v) is 4.57. The van der Waals surface area contributed by atoms with Crippen LogP contribution in [0.5, 0.6) is 0 Å². The van der Waals surface area contributed by atoms with Gasteiger partial charge in [-0.1, -0.05) is 72.3 Å². The van der Waals surface area contributed by atoms with Crippen LogP contribution in [0.2, 0.25) is 0 Å². The zero-order valence-electron chi connectivity index (χ0n) is 11.5. The first-order chi connectivity index (χ1) is 9.92. The van der Waals surface area contributed by atoms with Crippen molar-refractivity contribution in [3.05, 3.63) is 76.2 Å². The van der Waals surface area contributed by atoms with Crippen LogP contribution in [-0.4, -0.2) is 0 Å². The average molecular weight is 258 g/mol. The van der Waals surface area contributed by atoms with Gasteiger partial charge in [0.15, 0.2) is 0 Å². The van der Waals surface area contributed by atoms with E-state index in [1.165, 1.54) is 34.4 Å². The van der Waals surface area contributed by atoms with Crippen molar-refractivity contribution in [2.24, 2.45) is 0 Å². The Hall–Kier alpha value is -2.08. The van der Waals surface area contributed by atoms with Crippen molar-refractivity contribution < 1.29 is 0 Å². The van der Waals surface area contributed by atoms with Gasteiger partial charge in [0.05, 0.1) is 0 Å².